The Morgan fingerprint density at radius 1 is 1.09 bits per heavy atom. The van der Waals surface area contributed by atoms with E-state index in [0.29, 0.717) is 41.4 Å². The Bertz CT molecular complexity index is 1140. The van der Waals surface area contributed by atoms with Gasteiger partial charge < -0.3 is 9.47 Å². The summed E-state index contributed by atoms with van der Waals surface area (Å²) in [6.45, 7) is 8.41. The van der Waals surface area contributed by atoms with E-state index in [9.17, 15) is 9.59 Å². The van der Waals surface area contributed by atoms with Gasteiger partial charge in [0.2, 0.25) is 0 Å². The monoisotopic (exact) mass is 467 g/mol. The average Bonchev–Trinajstić information content (AvgIpc) is 2.68. The molecule has 0 N–H and O–H groups in total. The van der Waals surface area contributed by atoms with Crippen LogP contribution in [0.4, 0.5) is 0 Å². The van der Waals surface area contributed by atoms with Gasteiger partial charge in [0.05, 0.1) is 18.1 Å². The third-order valence-corrected chi connectivity index (χ3v) is 7.03. The molecule has 0 saturated heterocycles. The lowest BCUT2D eigenvalue weighted by molar-refractivity contribution is -0.124. The van der Waals surface area contributed by atoms with Crippen LogP contribution < -0.4 is 9.47 Å². The van der Waals surface area contributed by atoms with Crippen molar-refractivity contribution in [2.45, 2.75) is 59.3 Å². The molecule has 33 heavy (non-hydrogen) atoms. The highest BCUT2D eigenvalue weighted by atomic mass is 35.5. The SMILES string of the molecule is C#CCOc1c(Cl)cc([C@@H]2C3=C(CC(C)(C)CC3=O)N=C3CC(C)(C)CC(=O)C32)cc1OC. The molecule has 1 aromatic rings. The Balaban J connectivity index is 1.91. The first-order chi connectivity index (χ1) is 15.5. The predicted molar refractivity (Wildman–Crippen MR) is 129 cm³/mol. The number of rotatable bonds is 4. The molecule has 1 heterocycles. The van der Waals surface area contributed by atoms with E-state index < -0.39 is 11.8 Å². The predicted octanol–water partition coefficient (Wildman–Crippen LogP) is 5.55. The van der Waals surface area contributed by atoms with E-state index in [1.165, 1.54) is 7.11 Å². The van der Waals surface area contributed by atoms with Crippen LogP contribution in [-0.4, -0.2) is 31.0 Å². The van der Waals surface area contributed by atoms with Gasteiger partial charge in [-0.1, -0.05) is 45.2 Å². The van der Waals surface area contributed by atoms with Gasteiger partial charge in [-0.05, 0) is 41.4 Å². The van der Waals surface area contributed by atoms with Crippen molar-refractivity contribution >= 4 is 28.9 Å². The molecular weight excluding hydrogens is 438 g/mol. The summed E-state index contributed by atoms with van der Waals surface area (Å²) in [4.78, 5) is 31.9. The van der Waals surface area contributed by atoms with Gasteiger partial charge in [-0.15, -0.1) is 6.42 Å². The third kappa shape index (κ3) is 4.34. The highest BCUT2D eigenvalue weighted by Gasteiger charge is 2.50. The quantitative estimate of drug-likeness (QED) is 0.545. The molecule has 2 aliphatic carbocycles. The van der Waals surface area contributed by atoms with Gasteiger partial charge in [0.25, 0.3) is 0 Å². The molecule has 1 unspecified atom stereocenters. The summed E-state index contributed by atoms with van der Waals surface area (Å²) >= 11 is 6.59. The van der Waals surface area contributed by atoms with E-state index in [0.717, 1.165) is 23.4 Å². The number of ether oxygens (including phenoxy) is 2. The molecule has 5 nitrogen and oxygen atoms in total. The van der Waals surface area contributed by atoms with Crippen molar-refractivity contribution in [2.24, 2.45) is 21.7 Å². The van der Waals surface area contributed by atoms with Gasteiger partial charge in [-0.3, -0.25) is 14.6 Å². The number of hydrogen-bond acceptors (Lipinski definition) is 5. The molecule has 1 saturated carbocycles. The second kappa shape index (κ2) is 8.33. The largest absolute Gasteiger partial charge is 0.493 e. The first kappa shape index (κ1) is 23.6. The molecule has 6 heteroatoms. The van der Waals surface area contributed by atoms with Crippen molar-refractivity contribution in [3.8, 4) is 23.8 Å². The fraction of sp³-hybridized carbons (Fsp3) is 0.519. The van der Waals surface area contributed by atoms with E-state index >= 15 is 0 Å². The number of fused-ring (bicyclic) bond motifs is 1. The molecule has 0 bridgehead atoms. The fourth-order valence-corrected chi connectivity index (χ4v) is 5.82. The zero-order valence-electron chi connectivity index (χ0n) is 19.9. The molecule has 0 amide bonds. The second-order valence-electron chi connectivity index (χ2n) is 10.9. The number of nitrogens with zero attached hydrogens (tertiary/aromatic N) is 1. The van der Waals surface area contributed by atoms with Crippen molar-refractivity contribution < 1.29 is 19.1 Å². The lowest BCUT2D eigenvalue weighted by Gasteiger charge is -2.44. The van der Waals surface area contributed by atoms with Crippen LogP contribution in [0.15, 0.2) is 28.4 Å². The minimum atomic E-state index is -0.472. The number of carbonyl (C=O) groups is 2. The number of aliphatic imine (C=N–C) groups is 1. The number of terminal acetylenes is 1. The summed E-state index contributed by atoms with van der Waals surface area (Å²) in [5.74, 6) is 2.46. The van der Waals surface area contributed by atoms with Gasteiger partial charge in [0, 0.05) is 35.7 Å². The number of carbonyl (C=O) groups excluding carboxylic acids is 2. The first-order valence-corrected chi connectivity index (χ1v) is 11.6. The van der Waals surface area contributed by atoms with Gasteiger partial charge >= 0.3 is 0 Å². The highest BCUT2D eigenvalue weighted by Crippen LogP contribution is 2.53. The lowest BCUT2D eigenvalue weighted by Crippen LogP contribution is -2.45. The number of ketones is 2. The molecule has 1 aliphatic heterocycles. The minimum Gasteiger partial charge on any atom is -0.493 e. The minimum absolute atomic E-state index is 0.0503. The molecule has 174 valence electrons. The van der Waals surface area contributed by atoms with Gasteiger partial charge in [-0.2, -0.15) is 0 Å². The second-order valence-corrected chi connectivity index (χ2v) is 11.3. The number of hydrogen-bond donors (Lipinski definition) is 0. The molecule has 0 radical (unpaired) electrons. The molecule has 1 fully saturated rings. The normalized spacial score (nSPS) is 25.5. The van der Waals surface area contributed by atoms with Crippen LogP contribution >= 0.6 is 11.6 Å². The lowest BCUT2D eigenvalue weighted by atomic mass is 9.60. The maximum Gasteiger partial charge on any atom is 0.181 e. The highest BCUT2D eigenvalue weighted by molar-refractivity contribution is 6.32. The van der Waals surface area contributed by atoms with Crippen LogP contribution in [0.3, 0.4) is 0 Å². The summed E-state index contributed by atoms with van der Waals surface area (Å²) in [6, 6.07) is 3.59. The Labute approximate surface area is 200 Å². The first-order valence-electron chi connectivity index (χ1n) is 11.3. The van der Waals surface area contributed by atoms with Crippen LogP contribution in [-0.2, 0) is 9.59 Å². The van der Waals surface area contributed by atoms with Crippen molar-refractivity contribution in [3.05, 3.63) is 34.0 Å². The molecule has 0 aromatic heterocycles. The van der Waals surface area contributed by atoms with Crippen molar-refractivity contribution in [2.75, 3.05) is 13.7 Å². The summed E-state index contributed by atoms with van der Waals surface area (Å²) in [5, 5.41) is 0.331. The molecule has 1 aromatic carbocycles. The molecule has 2 atom stereocenters. The summed E-state index contributed by atoms with van der Waals surface area (Å²) in [5.41, 5.74) is 2.75. The Hall–Kier alpha value is -2.58. The van der Waals surface area contributed by atoms with Crippen molar-refractivity contribution in [1.29, 1.82) is 0 Å². The van der Waals surface area contributed by atoms with Crippen molar-refractivity contribution in [3.63, 3.8) is 0 Å². The van der Waals surface area contributed by atoms with E-state index in [1.807, 2.05) is 6.07 Å². The van der Waals surface area contributed by atoms with E-state index in [4.69, 9.17) is 32.5 Å². The van der Waals surface area contributed by atoms with Crippen LogP contribution in [0.1, 0.15) is 64.9 Å². The number of halogens is 1. The van der Waals surface area contributed by atoms with E-state index in [2.05, 4.69) is 33.6 Å². The smallest absolute Gasteiger partial charge is 0.181 e. The standard InChI is InChI=1S/C27H30ClNO4/c1-7-8-33-25-16(28)9-15(10-21(25)32-6)22-23-17(11-26(2,3)13-19(23)30)29-18-12-27(4,5)14-20(31)24(18)22/h1,9-10,22-23H,8,11-14H2,2-6H3/t22-,23?/m0/s1. The maximum atomic E-state index is 13.5. The average molecular weight is 468 g/mol. The summed E-state index contributed by atoms with van der Waals surface area (Å²) < 4.78 is 11.2. The van der Waals surface area contributed by atoms with E-state index in [-0.39, 0.29) is 29.0 Å². The number of methoxy groups -OCH3 is 1. The Morgan fingerprint density at radius 2 is 1.79 bits per heavy atom. The molecular formula is C27H30ClNO4. The van der Waals surface area contributed by atoms with Crippen molar-refractivity contribution in [1.82, 2.24) is 0 Å². The number of allylic oxidation sites excluding steroid dienone is 2. The van der Waals surface area contributed by atoms with E-state index in [1.54, 1.807) is 6.07 Å². The topological polar surface area (TPSA) is 65.0 Å². The van der Waals surface area contributed by atoms with Gasteiger partial charge in [0.15, 0.2) is 17.3 Å². The van der Waals surface area contributed by atoms with Gasteiger partial charge in [-0.25, -0.2) is 0 Å². The maximum absolute atomic E-state index is 13.5. The number of Topliss-reactive ketones (excluding diaryl/α,β-unsaturated/α-hetero) is 2. The zero-order chi connectivity index (χ0) is 24.1. The van der Waals surface area contributed by atoms with Gasteiger partial charge in [0.1, 0.15) is 12.4 Å². The van der Waals surface area contributed by atoms with Crippen LogP contribution in [0.5, 0.6) is 11.5 Å². The summed E-state index contributed by atoms with van der Waals surface area (Å²) in [7, 11) is 1.53. The fourth-order valence-electron chi connectivity index (χ4n) is 5.54. The number of benzene rings is 1. The molecule has 0 spiro atoms. The van der Waals surface area contributed by atoms with Crippen LogP contribution in [0, 0.1) is 29.1 Å². The third-order valence-electron chi connectivity index (χ3n) is 6.75. The molecule has 3 aliphatic rings. The summed E-state index contributed by atoms with van der Waals surface area (Å²) in [6.07, 6.45) is 7.62. The molecule has 4 rings (SSSR count). The van der Waals surface area contributed by atoms with Crippen LogP contribution in [0.25, 0.3) is 0 Å². The van der Waals surface area contributed by atoms with Crippen LogP contribution in [0.2, 0.25) is 5.02 Å². The Kier molecular flexibility index (Phi) is 5.95. The Morgan fingerprint density at radius 3 is 2.45 bits per heavy atom. The zero-order valence-corrected chi connectivity index (χ0v) is 20.6.